The van der Waals surface area contributed by atoms with E-state index in [9.17, 15) is 0 Å². The van der Waals surface area contributed by atoms with Crippen LogP contribution in [0.4, 0.5) is 5.69 Å². The molecule has 0 bridgehead atoms. The first kappa shape index (κ1) is 10.4. The van der Waals surface area contributed by atoms with Gasteiger partial charge in [-0.05, 0) is 0 Å². The lowest BCUT2D eigenvalue weighted by Crippen LogP contribution is -2.43. The van der Waals surface area contributed by atoms with Crippen molar-refractivity contribution in [3.05, 3.63) is 18.2 Å². The molecule has 4 heteroatoms. The van der Waals surface area contributed by atoms with Crippen LogP contribution in [-0.2, 0) is 0 Å². The van der Waals surface area contributed by atoms with Crippen molar-refractivity contribution < 1.29 is 0 Å². The minimum Gasteiger partial charge on any atom is -0.366 e. The molecule has 2 rings (SSSR count). The SMILES string of the molecule is CC(C)c1ncc(N2CCNCC2)cn1. The van der Waals surface area contributed by atoms with Crippen LogP contribution in [0.15, 0.2) is 12.4 Å². The standard InChI is InChI=1S/C11H18N4/c1-9(2)11-13-7-10(8-14-11)15-5-3-12-4-6-15/h7-9,12H,3-6H2,1-2H3. The fourth-order valence-electron chi connectivity index (χ4n) is 1.72. The average Bonchev–Trinajstić information content (AvgIpc) is 2.30. The monoisotopic (exact) mass is 206 g/mol. The smallest absolute Gasteiger partial charge is 0.130 e. The zero-order chi connectivity index (χ0) is 10.7. The third-order valence-electron chi connectivity index (χ3n) is 2.66. The number of rotatable bonds is 2. The molecule has 0 atom stereocenters. The second kappa shape index (κ2) is 4.57. The summed E-state index contributed by atoms with van der Waals surface area (Å²) < 4.78 is 0. The molecular weight excluding hydrogens is 188 g/mol. The molecule has 15 heavy (non-hydrogen) atoms. The molecule has 0 amide bonds. The van der Waals surface area contributed by atoms with E-state index in [0.29, 0.717) is 5.92 Å². The van der Waals surface area contributed by atoms with E-state index in [1.54, 1.807) is 0 Å². The van der Waals surface area contributed by atoms with Gasteiger partial charge in [0, 0.05) is 32.1 Å². The van der Waals surface area contributed by atoms with Crippen LogP contribution in [0.3, 0.4) is 0 Å². The molecule has 1 N–H and O–H groups in total. The molecule has 1 aliphatic rings. The van der Waals surface area contributed by atoms with E-state index >= 15 is 0 Å². The zero-order valence-electron chi connectivity index (χ0n) is 9.40. The molecule has 1 fully saturated rings. The Labute approximate surface area is 90.7 Å². The topological polar surface area (TPSA) is 41.1 Å². The lowest BCUT2D eigenvalue weighted by Gasteiger charge is -2.28. The third-order valence-corrected chi connectivity index (χ3v) is 2.66. The van der Waals surface area contributed by atoms with Crippen molar-refractivity contribution in [2.45, 2.75) is 19.8 Å². The summed E-state index contributed by atoms with van der Waals surface area (Å²) in [6.07, 6.45) is 3.88. The molecule has 0 saturated carbocycles. The quantitative estimate of drug-likeness (QED) is 0.784. The summed E-state index contributed by atoms with van der Waals surface area (Å²) in [5, 5.41) is 3.33. The van der Waals surface area contributed by atoms with Crippen molar-refractivity contribution in [1.82, 2.24) is 15.3 Å². The Morgan fingerprint density at radius 2 is 1.80 bits per heavy atom. The Hall–Kier alpha value is -1.16. The largest absolute Gasteiger partial charge is 0.366 e. The summed E-state index contributed by atoms with van der Waals surface area (Å²) in [6.45, 7) is 8.41. The Bertz CT molecular complexity index is 301. The number of anilines is 1. The van der Waals surface area contributed by atoms with Crippen LogP contribution < -0.4 is 10.2 Å². The Kier molecular flexibility index (Phi) is 3.16. The highest BCUT2D eigenvalue weighted by Gasteiger charge is 2.11. The minimum absolute atomic E-state index is 0.405. The van der Waals surface area contributed by atoms with Gasteiger partial charge in [-0.1, -0.05) is 13.8 Å². The van der Waals surface area contributed by atoms with E-state index in [1.807, 2.05) is 12.4 Å². The molecule has 1 aliphatic heterocycles. The number of hydrogen-bond donors (Lipinski definition) is 1. The molecule has 0 radical (unpaired) electrons. The van der Waals surface area contributed by atoms with Crippen molar-refractivity contribution >= 4 is 5.69 Å². The molecule has 0 aromatic carbocycles. The summed E-state index contributed by atoms with van der Waals surface area (Å²) in [5.74, 6) is 1.33. The van der Waals surface area contributed by atoms with Crippen molar-refractivity contribution in [2.24, 2.45) is 0 Å². The molecule has 82 valence electrons. The number of hydrogen-bond acceptors (Lipinski definition) is 4. The molecule has 1 aromatic rings. The minimum atomic E-state index is 0.405. The van der Waals surface area contributed by atoms with Gasteiger partial charge in [-0.2, -0.15) is 0 Å². The fourth-order valence-corrected chi connectivity index (χ4v) is 1.72. The van der Waals surface area contributed by atoms with Gasteiger partial charge in [0.1, 0.15) is 5.82 Å². The third kappa shape index (κ3) is 2.45. The number of nitrogens with zero attached hydrogens (tertiary/aromatic N) is 3. The molecule has 1 aromatic heterocycles. The maximum Gasteiger partial charge on any atom is 0.130 e. The average molecular weight is 206 g/mol. The van der Waals surface area contributed by atoms with E-state index in [-0.39, 0.29) is 0 Å². The molecule has 2 heterocycles. The maximum atomic E-state index is 4.38. The van der Waals surface area contributed by atoms with E-state index in [0.717, 1.165) is 37.7 Å². The molecule has 1 saturated heterocycles. The summed E-state index contributed by atoms with van der Waals surface area (Å²) in [7, 11) is 0. The van der Waals surface area contributed by atoms with E-state index < -0.39 is 0 Å². The van der Waals surface area contributed by atoms with E-state index in [1.165, 1.54) is 0 Å². The van der Waals surface area contributed by atoms with Gasteiger partial charge in [0.05, 0.1) is 18.1 Å². The van der Waals surface area contributed by atoms with E-state index in [4.69, 9.17) is 0 Å². The normalized spacial score (nSPS) is 17.1. The molecule has 0 aliphatic carbocycles. The lowest BCUT2D eigenvalue weighted by atomic mass is 10.2. The Morgan fingerprint density at radius 3 is 2.33 bits per heavy atom. The summed E-state index contributed by atoms with van der Waals surface area (Å²) in [5.41, 5.74) is 1.14. The second-order valence-corrected chi connectivity index (χ2v) is 4.19. The van der Waals surface area contributed by atoms with Crippen LogP contribution in [0.2, 0.25) is 0 Å². The van der Waals surface area contributed by atoms with Crippen LogP contribution in [0, 0.1) is 0 Å². The summed E-state index contributed by atoms with van der Waals surface area (Å²) in [6, 6.07) is 0. The van der Waals surface area contributed by atoms with Gasteiger partial charge in [-0.15, -0.1) is 0 Å². The first-order valence-electron chi connectivity index (χ1n) is 5.55. The van der Waals surface area contributed by atoms with Crippen LogP contribution >= 0.6 is 0 Å². The van der Waals surface area contributed by atoms with E-state index in [2.05, 4.69) is 34.0 Å². The van der Waals surface area contributed by atoms with Gasteiger partial charge >= 0.3 is 0 Å². The van der Waals surface area contributed by atoms with Crippen LogP contribution in [0.5, 0.6) is 0 Å². The molecular formula is C11H18N4. The van der Waals surface area contributed by atoms with Crippen molar-refractivity contribution in [3.8, 4) is 0 Å². The predicted octanol–water partition coefficient (Wildman–Crippen LogP) is 1.01. The van der Waals surface area contributed by atoms with Crippen molar-refractivity contribution in [1.29, 1.82) is 0 Å². The highest BCUT2D eigenvalue weighted by Crippen LogP contribution is 2.14. The van der Waals surface area contributed by atoms with Crippen molar-refractivity contribution in [2.75, 3.05) is 31.1 Å². The highest BCUT2D eigenvalue weighted by atomic mass is 15.2. The molecule has 4 nitrogen and oxygen atoms in total. The molecule has 0 unspecified atom stereocenters. The van der Waals surface area contributed by atoms with Crippen LogP contribution in [0.25, 0.3) is 0 Å². The van der Waals surface area contributed by atoms with Crippen LogP contribution in [0.1, 0.15) is 25.6 Å². The second-order valence-electron chi connectivity index (χ2n) is 4.19. The van der Waals surface area contributed by atoms with Gasteiger partial charge in [0.25, 0.3) is 0 Å². The van der Waals surface area contributed by atoms with Gasteiger partial charge in [0.15, 0.2) is 0 Å². The summed E-state index contributed by atoms with van der Waals surface area (Å²) >= 11 is 0. The molecule has 0 spiro atoms. The summed E-state index contributed by atoms with van der Waals surface area (Å²) in [4.78, 5) is 11.1. The Morgan fingerprint density at radius 1 is 1.20 bits per heavy atom. The Balaban J connectivity index is 2.08. The first-order valence-corrected chi connectivity index (χ1v) is 5.55. The van der Waals surface area contributed by atoms with Gasteiger partial charge in [-0.25, -0.2) is 9.97 Å². The van der Waals surface area contributed by atoms with Gasteiger partial charge in [-0.3, -0.25) is 0 Å². The lowest BCUT2D eigenvalue weighted by molar-refractivity contribution is 0.587. The highest BCUT2D eigenvalue weighted by molar-refractivity contribution is 5.42. The van der Waals surface area contributed by atoms with Crippen LogP contribution in [-0.4, -0.2) is 36.1 Å². The maximum absolute atomic E-state index is 4.38. The number of piperazine rings is 1. The zero-order valence-corrected chi connectivity index (χ0v) is 9.40. The van der Waals surface area contributed by atoms with Crippen molar-refractivity contribution in [3.63, 3.8) is 0 Å². The number of aromatic nitrogens is 2. The van der Waals surface area contributed by atoms with Gasteiger partial charge in [0.2, 0.25) is 0 Å². The van der Waals surface area contributed by atoms with Gasteiger partial charge < -0.3 is 10.2 Å². The first-order chi connectivity index (χ1) is 7.27. The fraction of sp³-hybridized carbons (Fsp3) is 0.636. The number of nitrogens with one attached hydrogen (secondary N) is 1. The predicted molar refractivity (Wildman–Crippen MR) is 61.2 cm³/mol.